The quantitative estimate of drug-likeness (QED) is 0.925. The van der Waals surface area contributed by atoms with Gasteiger partial charge >= 0.3 is 5.97 Å². The first kappa shape index (κ1) is 15.1. The molecule has 6 nitrogen and oxygen atoms in total. The lowest BCUT2D eigenvalue weighted by Crippen LogP contribution is -2.34. The van der Waals surface area contributed by atoms with Crippen molar-refractivity contribution in [2.24, 2.45) is 0 Å². The van der Waals surface area contributed by atoms with Gasteiger partial charge in [0.1, 0.15) is 10.7 Å². The molecule has 1 N–H and O–H groups in total. The topological polar surface area (TPSA) is 87.8 Å². The molecule has 0 saturated carbocycles. The van der Waals surface area contributed by atoms with Gasteiger partial charge in [-0.2, -0.15) is 4.31 Å². The van der Waals surface area contributed by atoms with Gasteiger partial charge in [-0.25, -0.2) is 13.2 Å². The van der Waals surface area contributed by atoms with Gasteiger partial charge < -0.3 is 9.52 Å². The van der Waals surface area contributed by atoms with E-state index in [1.54, 1.807) is 0 Å². The van der Waals surface area contributed by atoms with Gasteiger partial charge in [0.25, 0.3) is 0 Å². The molecule has 112 valence electrons. The molecule has 0 bridgehead atoms. The molecule has 1 saturated heterocycles. The van der Waals surface area contributed by atoms with Gasteiger partial charge in [0.15, 0.2) is 0 Å². The molecule has 1 aromatic rings. The summed E-state index contributed by atoms with van der Waals surface area (Å²) >= 11 is 0. The zero-order valence-electron chi connectivity index (χ0n) is 11.5. The van der Waals surface area contributed by atoms with Gasteiger partial charge in [0, 0.05) is 19.2 Å². The second-order valence-electron chi connectivity index (χ2n) is 5.01. The van der Waals surface area contributed by atoms with E-state index in [0.29, 0.717) is 13.1 Å². The zero-order chi connectivity index (χ0) is 14.8. The van der Waals surface area contributed by atoms with Gasteiger partial charge in [-0.1, -0.05) is 19.3 Å². The molecule has 0 spiro atoms. The number of aryl methyl sites for hydroxylation is 1. The number of nitrogens with zero attached hydrogens (tertiary/aromatic N) is 1. The molecule has 20 heavy (non-hydrogen) atoms. The van der Waals surface area contributed by atoms with Crippen molar-refractivity contribution in [3.63, 3.8) is 0 Å². The minimum absolute atomic E-state index is 0.0320. The summed E-state index contributed by atoms with van der Waals surface area (Å²) in [4.78, 5) is 10.8. The zero-order valence-corrected chi connectivity index (χ0v) is 12.3. The van der Waals surface area contributed by atoms with Crippen molar-refractivity contribution in [3.8, 4) is 0 Å². The molecule has 0 unspecified atom stereocenters. The molecule has 1 aliphatic rings. The molecule has 0 radical (unpaired) electrons. The number of rotatable bonds is 3. The SMILES string of the molecule is Cc1oc(C(=O)O)cc1S(=O)(=O)N1CCCCCCC1. The summed E-state index contributed by atoms with van der Waals surface area (Å²) in [5.74, 6) is -1.47. The normalized spacial score (nSPS) is 18.4. The number of sulfonamides is 1. The Morgan fingerprint density at radius 2 is 1.75 bits per heavy atom. The van der Waals surface area contributed by atoms with Crippen molar-refractivity contribution in [1.29, 1.82) is 0 Å². The van der Waals surface area contributed by atoms with E-state index < -0.39 is 16.0 Å². The Kier molecular flexibility index (Phi) is 4.49. The van der Waals surface area contributed by atoms with E-state index in [4.69, 9.17) is 9.52 Å². The smallest absolute Gasteiger partial charge is 0.371 e. The van der Waals surface area contributed by atoms with Gasteiger partial charge in [-0.05, 0) is 19.8 Å². The molecule has 0 amide bonds. The summed E-state index contributed by atoms with van der Waals surface area (Å²) in [7, 11) is -3.67. The minimum atomic E-state index is -3.67. The number of carbonyl (C=O) groups is 1. The molecule has 2 rings (SSSR count). The van der Waals surface area contributed by atoms with E-state index in [0.717, 1.165) is 38.2 Å². The molecule has 7 heteroatoms. The monoisotopic (exact) mass is 301 g/mol. The van der Waals surface area contributed by atoms with Crippen LogP contribution in [-0.2, 0) is 10.0 Å². The first-order valence-electron chi connectivity index (χ1n) is 6.77. The van der Waals surface area contributed by atoms with Crippen LogP contribution in [-0.4, -0.2) is 36.9 Å². The van der Waals surface area contributed by atoms with Crippen LogP contribution in [0.1, 0.15) is 48.4 Å². The Bertz CT molecular complexity index is 582. The highest BCUT2D eigenvalue weighted by Gasteiger charge is 2.29. The molecule has 0 aromatic carbocycles. The van der Waals surface area contributed by atoms with E-state index in [2.05, 4.69) is 0 Å². The molecule has 1 aliphatic heterocycles. The third-order valence-electron chi connectivity index (χ3n) is 3.52. The Labute approximate surface area is 118 Å². The van der Waals surface area contributed by atoms with Crippen LogP contribution >= 0.6 is 0 Å². The molecular weight excluding hydrogens is 282 g/mol. The van der Waals surface area contributed by atoms with E-state index in [1.807, 2.05) is 0 Å². The lowest BCUT2D eigenvalue weighted by atomic mass is 10.1. The highest BCUT2D eigenvalue weighted by atomic mass is 32.2. The Balaban J connectivity index is 2.30. The summed E-state index contributed by atoms with van der Waals surface area (Å²) in [5, 5.41) is 8.88. The lowest BCUT2D eigenvalue weighted by molar-refractivity contribution is 0.0661. The van der Waals surface area contributed by atoms with Crippen LogP contribution in [0.5, 0.6) is 0 Å². The van der Waals surface area contributed by atoms with E-state index >= 15 is 0 Å². The molecule has 0 atom stereocenters. The summed E-state index contributed by atoms with van der Waals surface area (Å²) in [6.45, 7) is 2.44. The maximum absolute atomic E-state index is 12.6. The van der Waals surface area contributed by atoms with Crippen LogP contribution in [0.25, 0.3) is 0 Å². The average molecular weight is 301 g/mol. The summed E-state index contributed by atoms with van der Waals surface area (Å²) in [6.07, 6.45) is 4.86. The first-order valence-corrected chi connectivity index (χ1v) is 8.21. The number of hydrogen-bond donors (Lipinski definition) is 1. The number of furan rings is 1. The summed E-state index contributed by atoms with van der Waals surface area (Å²) in [6, 6.07) is 1.10. The predicted octanol–water partition coefficient (Wildman–Crippen LogP) is 2.24. The minimum Gasteiger partial charge on any atom is -0.475 e. The average Bonchev–Trinajstić information content (AvgIpc) is 2.71. The van der Waals surface area contributed by atoms with Crippen molar-refractivity contribution in [1.82, 2.24) is 4.31 Å². The number of carboxylic acids is 1. The molecule has 1 fully saturated rings. The van der Waals surface area contributed by atoms with E-state index in [1.165, 1.54) is 11.2 Å². The number of aromatic carboxylic acids is 1. The van der Waals surface area contributed by atoms with E-state index in [-0.39, 0.29) is 16.4 Å². The Morgan fingerprint density at radius 3 is 2.25 bits per heavy atom. The lowest BCUT2D eigenvalue weighted by Gasteiger charge is -2.23. The molecule has 0 aliphatic carbocycles. The van der Waals surface area contributed by atoms with Gasteiger partial charge in [-0.3, -0.25) is 0 Å². The fraction of sp³-hybridized carbons (Fsp3) is 0.615. The molecular formula is C13H19NO5S. The van der Waals surface area contributed by atoms with Crippen molar-refractivity contribution in [3.05, 3.63) is 17.6 Å². The highest BCUT2D eigenvalue weighted by molar-refractivity contribution is 7.89. The predicted molar refractivity (Wildman–Crippen MR) is 72.2 cm³/mol. The Hall–Kier alpha value is -1.34. The first-order chi connectivity index (χ1) is 9.43. The van der Waals surface area contributed by atoms with Crippen LogP contribution in [0.15, 0.2) is 15.4 Å². The van der Waals surface area contributed by atoms with Crippen LogP contribution in [0, 0.1) is 6.92 Å². The van der Waals surface area contributed by atoms with Crippen LogP contribution in [0.4, 0.5) is 0 Å². The Morgan fingerprint density at radius 1 is 1.20 bits per heavy atom. The molecule has 1 aromatic heterocycles. The van der Waals surface area contributed by atoms with Crippen LogP contribution in [0.2, 0.25) is 0 Å². The maximum Gasteiger partial charge on any atom is 0.371 e. The largest absolute Gasteiger partial charge is 0.475 e. The maximum atomic E-state index is 12.6. The standard InChI is InChI=1S/C13H19NO5S/c1-10-12(9-11(19-10)13(15)16)20(17,18)14-7-5-3-2-4-6-8-14/h9H,2-8H2,1H3,(H,15,16). The second-order valence-corrected chi connectivity index (χ2v) is 6.91. The van der Waals surface area contributed by atoms with Gasteiger partial charge in [0.2, 0.25) is 15.8 Å². The fourth-order valence-electron chi connectivity index (χ4n) is 2.42. The van der Waals surface area contributed by atoms with Crippen molar-refractivity contribution < 1.29 is 22.7 Å². The van der Waals surface area contributed by atoms with Crippen molar-refractivity contribution in [2.75, 3.05) is 13.1 Å². The number of hydrogen-bond acceptors (Lipinski definition) is 4. The third kappa shape index (κ3) is 3.04. The molecule has 2 heterocycles. The third-order valence-corrected chi connectivity index (χ3v) is 5.52. The van der Waals surface area contributed by atoms with Gasteiger partial charge in [0.05, 0.1) is 0 Å². The van der Waals surface area contributed by atoms with Crippen LogP contribution < -0.4 is 0 Å². The van der Waals surface area contributed by atoms with Crippen molar-refractivity contribution in [2.45, 2.75) is 43.9 Å². The highest BCUT2D eigenvalue weighted by Crippen LogP contribution is 2.25. The summed E-state index contributed by atoms with van der Waals surface area (Å²) < 4.78 is 31.6. The fourth-order valence-corrected chi connectivity index (χ4v) is 4.10. The van der Waals surface area contributed by atoms with Crippen LogP contribution in [0.3, 0.4) is 0 Å². The van der Waals surface area contributed by atoms with Crippen molar-refractivity contribution >= 4 is 16.0 Å². The number of carboxylic acid groups (broad SMARTS) is 1. The van der Waals surface area contributed by atoms with E-state index in [9.17, 15) is 13.2 Å². The second kappa shape index (κ2) is 5.97. The summed E-state index contributed by atoms with van der Waals surface area (Å²) in [5.41, 5.74) is 0. The van der Waals surface area contributed by atoms with Gasteiger partial charge in [-0.15, -0.1) is 0 Å².